The zero-order valence-electron chi connectivity index (χ0n) is 23.0. The van der Waals surface area contributed by atoms with Crippen LogP contribution in [0.15, 0.2) is 84.9 Å². The van der Waals surface area contributed by atoms with Crippen LogP contribution in [0.25, 0.3) is 21.5 Å². The summed E-state index contributed by atoms with van der Waals surface area (Å²) >= 11 is 0. The number of rotatable bonds is 12. The highest BCUT2D eigenvalue weighted by Gasteiger charge is 2.30. The van der Waals surface area contributed by atoms with Gasteiger partial charge in [-0.3, -0.25) is 14.5 Å². The molecule has 39 heavy (non-hydrogen) atoms. The molecule has 5 N–H and O–H groups in total. The average Bonchev–Trinajstić information content (AvgIpc) is 2.95. The Labute approximate surface area is 231 Å². The second-order valence-electron chi connectivity index (χ2n) is 10.5. The zero-order chi connectivity index (χ0) is 27.8. The molecule has 0 aliphatic carbocycles. The van der Waals surface area contributed by atoms with E-state index in [1.165, 1.54) is 16.3 Å². The van der Waals surface area contributed by atoms with Crippen LogP contribution in [0, 0.1) is 5.92 Å². The van der Waals surface area contributed by atoms with Crippen molar-refractivity contribution in [1.29, 1.82) is 0 Å². The van der Waals surface area contributed by atoms with Gasteiger partial charge in [-0.25, -0.2) is 0 Å². The maximum atomic E-state index is 13.5. The fourth-order valence-corrected chi connectivity index (χ4v) is 5.09. The zero-order valence-corrected chi connectivity index (χ0v) is 23.0. The van der Waals surface area contributed by atoms with E-state index in [-0.39, 0.29) is 11.8 Å². The number of nitrogens with one attached hydrogen (secondary N) is 1. The van der Waals surface area contributed by atoms with Gasteiger partial charge in [0.05, 0.1) is 6.04 Å². The number of fused-ring (bicyclic) bond motifs is 2. The number of nitrogens with two attached hydrogens (primary N) is 2. The first kappa shape index (κ1) is 28.3. The topological polar surface area (TPSA) is 101 Å². The molecule has 0 bridgehead atoms. The smallest absolute Gasteiger partial charge is 0.244 e. The third-order valence-electron chi connectivity index (χ3n) is 7.39. The average molecular weight is 525 g/mol. The largest absolute Gasteiger partial charge is 0.354 e. The molecular formula is C33H40N4O2. The van der Waals surface area contributed by atoms with Gasteiger partial charge in [-0.05, 0) is 84.3 Å². The van der Waals surface area contributed by atoms with Crippen LogP contribution in [-0.2, 0) is 16.0 Å². The molecule has 0 saturated carbocycles. The van der Waals surface area contributed by atoms with Crippen molar-refractivity contribution in [2.24, 2.45) is 17.4 Å². The fourth-order valence-electron chi connectivity index (χ4n) is 5.09. The van der Waals surface area contributed by atoms with E-state index in [9.17, 15) is 9.59 Å². The number of hydrogen-bond acceptors (Lipinski definition) is 4. The highest BCUT2D eigenvalue weighted by Crippen LogP contribution is 2.25. The van der Waals surface area contributed by atoms with Crippen LogP contribution >= 0.6 is 0 Å². The van der Waals surface area contributed by atoms with E-state index in [1.807, 2.05) is 42.5 Å². The summed E-state index contributed by atoms with van der Waals surface area (Å²) in [7, 11) is 0. The Morgan fingerprint density at radius 3 is 2.10 bits per heavy atom. The first-order valence-corrected chi connectivity index (χ1v) is 13.9. The van der Waals surface area contributed by atoms with E-state index >= 15 is 0 Å². The molecule has 2 amide bonds. The molecule has 204 valence electrons. The van der Waals surface area contributed by atoms with Crippen LogP contribution in [0.4, 0.5) is 5.69 Å². The second kappa shape index (κ2) is 13.4. The minimum Gasteiger partial charge on any atom is -0.354 e. The molecule has 0 aliphatic heterocycles. The number of benzene rings is 4. The molecular weight excluding hydrogens is 484 g/mol. The number of amides is 2. The molecule has 0 aliphatic rings. The molecule has 6 nitrogen and oxygen atoms in total. The molecule has 3 atom stereocenters. The van der Waals surface area contributed by atoms with E-state index in [0.717, 1.165) is 23.6 Å². The number of anilines is 1. The maximum Gasteiger partial charge on any atom is 0.244 e. The van der Waals surface area contributed by atoms with Crippen molar-refractivity contribution in [3.63, 3.8) is 0 Å². The standard InChI is InChI=1S/C33H40N4O2/c1-23(20-25-13-14-26-8-3-5-10-28(26)21-25)17-19-36-32(38)24(2)37(33(39)31(35)12-7-18-34)30-16-15-27-9-4-6-11-29(27)22-30/h3-6,8-11,13-16,21-24,31H,7,12,17-20,34-35H2,1-2H3,(H,36,38)/t23?,24-,31+/m0/s1. The van der Waals surface area contributed by atoms with Gasteiger partial charge in [-0.1, -0.05) is 79.7 Å². The van der Waals surface area contributed by atoms with E-state index in [1.54, 1.807) is 11.8 Å². The Morgan fingerprint density at radius 2 is 1.44 bits per heavy atom. The summed E-state index contributed by atoms with van der Waals surface area (Å²) in [4.78, 5) is 28.3. The quantitative estimate of drug-likeness (QED) is 0.238. The number of carbonyl (C=O) groups excluding carboxylic acids is 2. The van der Waals surface area contributed by atoms with Crippen LogP contribution in [-0.4, -0.2) is 37.0 Å². The Hall–Kier alpha value is -3.74. The molecule has 0 heterocycles. The molecule has 4 rings (SSSR count). The molecule has 0 saturated heterocycles. The minimum atomic E-state index is -0.725. The summed E-state index contributed by atoms with van der Waals surface area (Å²) in [6.45, 7) is 4.96. The Balaban J connectivity index is 1.41. The van der Waals surface area contributed by atoms with Gasteiger partial charge in [-0.15, -0.1) is 0 Å². The summed E-state index contributed by atoms with van der Waals surface area (Å²) < 4.78 is 0. The molecule has 0 aromatic heterocycles. The van der Waals surface area contributed by atoms with Gasteiger partial charge < -0.3 is 16.8 Å². The summed E-state index contributed by atoms with van der Waals surface area (Å²) in [6.07, 6.45) is 2.90. The lowest BCUT2D eigenvalue weighted by Crippen LogP contribution is -2.53. The van der Waals surface area contributed by atoms with Crippen molar-refractivity contribution in [2.45, 2.75) is 51.6 Å². The Bertz CT molecular complexity index is 1420. The van der Waals surface area contributed by atoms with Crippen LogP contribution in [0.5, 0.6) is 0 Å². The predicted molar refractivity (Wildman–Crippen MR) is 162 cm³/mol. The van der Waals surface area contributed by atoms with E-state index in [4.69, 9.17) is 11.5 Å². The van der Waals surface area contributed by atoms with Crippen molar-refractivity contribution in [1.82, 2.24) is 5.32 Å². The van der Waals surface area contributed by atoms with Crippen molar-refractivity contribution in [3.05, 3.63) is 90.5 Å². The number of hydrogen-bond donors (Lipinski definition) is 3. The van der Waals surface area contributed by atoms with Gasteiger partial charge >= 0.3 is 0 Å². The van der Waals surface area contributed by atoms with E-state index in [0.29, 0.717) is 37.5 Å². The van der Waals surface area contributed by atoms with Crippen LogP contribution in [0.3, 0.4) is 0 Å². The highest BCUT2D eigenvalue weighted by molar-refractivity contribution is 6.04. The predicted octanol–water partition coefficient (Wildman–Crippen LogP) is 5.17. The highest BCUT2D eigenvalue weighted by atomic mass is 16.2. The fraction of sp³-hybridized carbons (Fsp3) is 0.333. The van der Waals surface area contributed by atoms with Gasteiger partial charge in [0.1, 0.15) is 6.04 Å². The molecule has 0 radical (unpaired) electrons. The maximum absolute atomic E-state index is 13.5. The minimum absolute atomic E-state index is 0.194. The molecule has 6 heteroatoms. The lowest BCUT2D eigenvalue weighted by molar-refractivity contribution is -0.126. The first-order valence-electron chi connectivity index (χ1n) is 13.9. The van der Waals surface area contributed by atoms with E-state index in [2.05, 4.69) is 54.7 Å². The molecule has 0 fully saturated rings. The third kappa shape index (κ3) is 7.22. The number of carbonyl (C=O) groups is 2. The monoisotopic (exact) mass is 524 g/mol. The molecule has 1 unspecified atom stereocenters. The van der Waals surface area contributed by atoms with Crippen molar-refractivity contribution in [3.8, 4) is 0 Å². The van der Waals surface area contributed by atoms with Crippen LogP contribution in [0.2, 0.25) is 0 Å². The summed E-state index contributed by atoms with van der Waals surface area (Å²) in [5.74, 6) is -0.0730. The molecule has 4 aromatic carbocycles. The van der Waals surface area contributed by atoms with Gasteiger partial charge in [0.15, 0.2) is 0 Å². The van der Waals surface area contributed by atoms with Gasteiger partial charge in [0.25, 0.3) is 0 Å². The van der Waals surface area contributed by atoms with Crippen molar-refractivity contribution >= 4 is 39.0 Å². The lowest BCUT2D eigenvalue weighted by Gasteiger charge is -2.31. The van der Waals surface area contributed by atoms with Crippen molar-refractivity contribution in [2.75, 3.05) is 18.0 Å². The lowest BCUT2D eigenvalue weighted by atomic mass is 9.96. The normalized spacial score (nSPS) is 13.6. The molecule has 4 aromatic rings. The van der Waals surface area contributed by atoms with Crippen molar-refractivity contribution < 1.29 is 9.59 Å². The second-order valence-corrected chi connectivity index (χ2v) is 10.5. The Morgan fingerprint density at radius 1 is 0.821 bits per heavy atom. The molecule has 0 spiro atoms. The van der Waals surface area contributed by atoms with E-state index < -0.39 is 12.1 Å². The van der Waals surface area contributed by atoms with Gasteiger partial charge in [-0.2, -0.15) is 0 Å². The first-order chi connectivity index (χ1) is 18.9. The number of nitrogens with zero attached hydrogens (tertiary/aromatic N) is 1. The summed E-state index contributed by atoms with van der Waals surface area (Å²) in [6, 6.07) is 27.3. The van der Waals surface area contributed by atoms with Gasteiger partial charge in [0.2, 0.25) is 11.8 Å². The van der Waals surface area contributed by atoms with Crippen LogP contribution < -0.4 is 21.7 Å². The third-order valence-corrected chi connectivity index (χ3v) is 7.39. The Kier molecular flexibility index (Phi) is 9.69. The summed E-state index contributed by atoms with van der Waals surface area (Å²) in [5.41, 5.74) is 13.9. The van der Waals surface area contributed by atoms with Crippen LogP contribution in [0.1, 0.15) is 38.7 Å². The summed E-state index contributed by atoms with van der Waals surface area (Å²) in [5, 5.41) is 7.61. The van der Waals surface area contributed by atoms with Gasteiger partial charge in [0, 0.05) is 12.2 Å². The SMILES string of the molecule is CC(CCNC(=O)[C@H](C)N(C(=O)[C@H](N)CCCN)c1ccc2ccccc2c1)Cc1ccc2ccccc2c1.